The van der Waals surface area contributed by atoms with E-state index in [1.54, 1.807) is 6.92 Å². The Morgan fingerprint density at radius 2 is 1.95 bits per heavy atom. The van der Waals surface area contributed by atoms with Crippen LogP contribution >= 0.6 is 0 Å². The highest BCUT2D eigenvalue weighted by molar-refractivity contribution is 5.76. The molecule has 114 valence electrons. The Kier molecular flexibility index (Phi) is 5.51. The molecule has 1 fully saturated rings. The molecule has 0 aromatic heterocycles. The van der Waals surface area contributed by atoms with Gasteiger partial charge in [-0.1, -0.05) is 30.7 Å². The maximum Gasteiger partial charge on any atom is 0.307 e. The Labute approximate surface area is 125 Å². The number of rotatable bonds is 6. The highest BCUT2D eigenvalue weighted by Crippen LogP contribution is 2.23. The first-order valence-corrected chi connectivity index (χ1v) is 7.58. The van der Waals surface area contributed by atoms with E-state index >= 15 is 0 Å². The van der Waals surface area contributed by atoms with Crippen molar-refractivity contribution in [3.63, 3.8) is 0 Å². The fourth-order valence-electron chi connectivity index (χ4n) is 3.10. The largest absolute Gasteiger partial charge is 0.481 e. The number of benzene rings is 1. The lowest BCUT2D eigenvalue weighted by atomic mass is 9.96. The number of piperidine rings is 1. The standard InChI is InChI=1S/C17H23NO3/c1-13(19)10-16-8-4-5-9-18(16)12-15-7-3-2-6-14(15)11-17(20)21/h2-3,6-7,16H,4-5,8-12H2,1H3,(H,20,21). The summed E-state index contributed by atoms with van der Waals surface area (Å²) in [5.41, 5.74) is 1.94. The van der Waals surface area contributed by atoms with Crippen LogP contribution in [0.5, 0.6) is 0 Å². The summed E-state index contributed by atoms with van der Waals surface area (Å²) >= 11 is 0. The van der Waals surface area contributed by atoms with Crippen LogP contribution in [-0.2, 0) is 22.6 Å². The van der Waals surface area contributed by atoms with Gasteiger partial charge in [-0.15, -0.1) is 0 Å². The lowest BCUT2D eigenvalue weighted by molar-refractivity contribution is -0.136. The molecule has 1 aliphatic heterocycles. The van der Waals surface area contributed by atoms with Crippen LogP contribution in [0.15, 0.2) is 24.3 Å². The average molecular weight is 289 g/mol. The van der Waals surface area contributed by atoms with Gasteiger partial charge in [-0.05, 0) is 37.4 Å². The predicted octanol–water partition coefficient (Wildman–Crippen LogP) is 2.65. The Morgan fingerprint density at radius 3 is 2.62 bits per heavy atom. The van der Waals surface area contributed by atoms with Crippen LogP contribution in [0.25, 0.3) is 0 Å². The van der Waals surface area contributed by atoms with Crippen LogP contribution in [0.3, 0.4) is 0 Å². The topological polar surface area (TPSA) is 57.6 Å². The number of carboxylic acids is 1. The van der Waals surface area contributed by atoms with Crippen molar-refractivity contribution in [2.45, 2.75) is 51.6 Å². The normalized spacial score (nSPS) is 19.4. The molecule has 1 aromatic rings. The smallest absolute Gasteiger partial charge is 0.307 e. The number of likely N-dealkylation sites (tertiary alicyclic amines) is 1. The van der Waals surface area contributed by atoms with Gasteiger partial charge >= 0.3 is 5.97 Å². The summed E-state index contributed by atoms with van der Waals surface area (Å²) in [6.45, 7) is 3.37. The molecule has 1 aliphatic rings. The fraction of sp³-hybridized carbons (Fsp3) is 0.529. The van der Waals surface area contributed by atoms with E-state index in [0.29, 0.717) is 12.5 Å². The summed E-state index contributed by atoms with van der Waals surface area (Å²) in [6.07, 6.45) is 4.03. The van der Waals surface area contributed by atoms with Gasteiger partial charge in [0.1, 0.15) is 5.78 Å². The maximum atomic E-state index is 11.4. The number of hydrogen-bond donors (Lipinski definition) is 1. The molecule has 4 nitrogen and oxygen atoms in total. The highest BCUT2D eigenvalue weighted by Gasteiger charge is 2.24. The quantitative estimate of drug-likeness (QED) is 0.874. The summed E-state index contributed by atoms with van der Waals surface area (Å²) < 4.78 is 0. The zero-order valence-electron chi connectivity index (χ0n) is 12.5. The Balaban J connectivity index is 2.11. The first-order chi connectivity index (χ1) is 10.1. The minimum Gasteiger partial charge on any atom is -0.481 e. The second kappa shape index (κ2) is 7.36. The van der Waals surface area contributed by atoms with Gasteiger partial charge in [0.15, 0.2) is 0 Å². The zero-order valence-corrected chi connectivity index (χ0v) is 12.5. The van der Waals surface area contributed by atoms with Crippen molar-refractivity contribution >= 4 is 11.8 Å². The Bertz CT molecular complexity index is 513. The minimum absolute atomic E-state index is 0.0569. The summed E-state index contributed by atoms with van der Waals surface area (Å²) in [7, 11) is 0. The van der Waals surface area contributed by atoms with Gasteiger partial charge in [-0.3, -0.25) is 14.5 Å². The SMILES string of the molecule is CC(=O)CC1CCCCN1Cc1ccccc1CC(=O)O. The zero-order chi connectivity index (χ0) is 15.2. The number of ketones is 1. The van der Waals surface area contributed by atoms with E-state index in [4.69, 9.17) is 5.11 Å². The molecule has 4 heteroatoms. The molecular formula is C17H23NO3. The molecule has 1 N–H and O–H groups in total. The van der Waals surface area contributed by atoms with Crippen LogP contribution in [0, 0.1) is 0 Å². The van der Waals surface area contributed by atoms with Crippen LogP contribution in [-0.4, -0.2) is 34.3 Å². The number of hydrogen-bond acceptors (Lipinski definition) is 3. The van der Waals surface area contributed by atoms with Crippen LogP contribution < -0.4 is 0 Å². The Hall–Kier alpha value is -1.68. The summed E-state index contributed by atoms with van der Waals surface area (Å²) in [5, 5.41) is 9.01. The number of nitrogens with zero attached hydrogens (tertiary/aromatic N) is 1. The van der Waals surface area contributed by atoms with Gasteiger partial charge in [0.05, 0.1) is 6.42 Å². The second-order valence-corrected chi connectivity index (χ2v) is 5.87. The molecule has 0 saturated carbocycles. The highest BCUT2D eigenvalue weighted by atomic mass is 16.4. The second-order valence-electron chi connectivity index (χ2n) is 5.87. The first kappa shape index (κ1) is 15.7. The Morgan fingerprint density at radius 1 is 1.24 bits per heavy atom. The number of Topliss-reactive ketones (excluding diaryl/α,β-unsaturated/α-hetero) is 1. The van der Waals surface area contributed by atoms with Crippen LogP contribution in [0.2, 0.25) is 0 Å². The van der Waals surface area contributed by atoms with Crippen molar-refractivity contribution in [1.82, 2.24) is 4.90 Å². The average Bonchev–Trinajstić information content (AvgIpc) is 2.42. The summed E-state index contributed by atoms with van der Waals surface area (Å²) in [4.78, 5) is 24.7. The van der Waals surface area contributed by atoms with Gasteiger partial charge in [-0.2, -0.15) is 0 Å². The van der Waals surface area contributed by atoms with E-state index in [1.807, 2.05) is 24.3 Å². The minimum atomic E-state index is -0.804. The monoisotopic (exact) mass is 289 g/mol. The molecule has 0 aliphatic carbocycles. The van der Waals surface area contributed by atoms with Crippen molar-refractivity contribution in [3.05, 3.63) is 35.4 Å². The third kappa shape index (κ3) is 4.67. The lowest BCUT2D eigenvalue weighted by Crippen LogP contribution is -2.40. The molecular weight excluding hydrogens is 266 g/mol. The van der Waals surface area contributed by atoms with Gasteiger partial charge in [0.2, 0.25) is 0 Å². The van der Waals surface area contributed by atoms with E-state index < -0.39 is 5.97 Å². The molecule has 1 heterocycles. The third-order valence-electron chi connectivity index (χ3n) is 4.11. The third-order valence-corrected chi connectivity index (χ3v) is 4.11. The van der Waals surface area contributed by atoms with Gasteiger partial charge in [0.25, 0.3) is 0 Å². The van der Waals surface area contributed by atoms with E-state index in [2.05, 4.69) is 4.90 Å². The van der Waals surface area contributed by atoms with Crippen molar-refractivity contribution < 1.29 is 14.7 Å². The van der Waals surface area contributed by atoms with Crippen molar-refractivity contribution in [2.75, 3.05) is 6.54 Å². The van der Waals surface area contributed by atoms with E-state index in [0.717, 1.165) is 37.1 Å². The van der Waals surface area contributed by atoms with Crippen molar-refractivity contribution in [2.24, 2.45) is 0 Å². The predicted molar refractivity (Wildman–Crippen MR) is 81.1 cm³/mol. The summed E-state index contributed by atoms with van der Waals surface area (Å²) in [6, 6.07) is 8.01. The van der Waals surface area contributed by atoms with E-state index in [-0.39, 0.29) is 12.2 Å². The molecule has 0 spiro atoms. The number of carboxylic acid groups (broad SMARTS) is 1. The molecule has 1 unspecified atom stereocenters. The first-order valence-electron chi connectivity index (χ1n) is 7.58. The van der Waals surface area contributed by atoms with Gasteiger partial charge in [-0.25, -0.2) is 0 Å². The van der Waals surface area contributed by atoms with E-state index in [1.165, 1.54) is 6.42 Å². The van der Waals surface area contributed by atoms with Crippen molar-refractivity contribution in [1.29, 1.82) is 0 Å². The number of aliphatic carboxylic acids is 1. The van der Waals surface area contributed by atoms with Crippen molar-refractivity contribution in [3.8, 4) is 0 Å². The fourth-order valence-corrected chi connectivity index (χ4v) is 3.10. The lowest BCUT2D eigenvalue weighted by Gasteiger charge is -2.35. The number of carbonyl (C=O) groups excluding carboxylic acids is 1. The molecule has 1 saturated heterocycles. The molecule has 1 aromatic carbocycles. The molecule has 1 atom stereocenters. The molecule has 2 rings (SSSR count). The van der Waals surface area contributed by atoms with Gasteiger partial charge < -0.3 is 5.11 Å². The van der Waals surface area contributed by atoms with Gasteiger partial charge in [0, 0.05) is 19.0 Å². The molecule has 0 amide bonds. The van der Waals surface area contributed by atoms with Crippen LogP contribution in [0.4, 0.5) is 0 Å². The number of carbonyl (C=O) groups is 2. The van der Waals surface area contributed by atoms with E-state index in [9.17, 15) is 9.59 Å². The molecule has 0 bridgehead atoms. The molecule has 0 radical (unpaired) electrons. The maximum absolute atomic E-state index is 11.4. The molecule has 21 heavy (non-hydrogen) atoms. The summed E-state index contributed by atoms with van der Waals surface area (Å²) in [5.74, 6) is -0.577. The van der Waals surface area contributed by atoms with Crippen LogP contribution in [0.1, 0.15) is 43.7 Å².